The van der Waals surface area contributed by atoms with Gasteiger partial charge in [-0.15, -0.1) is 0 Å². The molecule has 0 aliphatic heterocycles. The zero-order chi connectivity index (χ0) is 20.4. The van der Waals surface area contributed by atoms with Crippen molar-refractivity contribution in [3.05, 3.63) is 76.6 Å². The van der Waals surface area contributed by atoms with Crippen molar-refractivity contribution in [3.63, 3.8) is 0 Å². The van der Waals surface area contributed by atoms with Gasteiger partial charge in [-0.1, -0.05) is 41.9 Å². The van der Waals surface area contributed by atoms with Crippen LogP contribution in [0, 0.1) is 6.92 Å². The second kappa shape index (κ2) is 8.03. The molecule has 4 N–H and O–H groups in total. The van der Waals surface area contributed by atoms with E-state index in [1.165, 1.54) is 6.21 Å². The standard InChI is InChI=1S/C22H20ClN5O/c1-13-6-7-14-9-16(21(23)27-20(14)8-13)12-26-28-22(29)18(24)10-15-11-25-19-5-3-2-4-17(15)19/h2-9,11-12,18,25H,10,24H2,1H3,(H,28,29). The Balaban J connectivity index is 1.43. The van der Waals surface area contributed by atoms with Gasteiger partial charge in [-0.2, -0.15) is 5.10 Å². The van der Waals surface area contributed by atoms with Gasteiger partial charge in [0.05, 0.1) is 17.8 Å². The topological polar surface area (TPSA) is 96.2 Å². The van der Waals surface area contributed by atoms with E-state index >= 15 is 0 Å². The highest BCUT2D eigenvalue weighted by Gasteiger charge is 2.15. The van der Waals surface area contributed by atoms with Crippen LogP contribution in [0.15, 0.2) is 59.8 Å². The van der Waals surface area contributed by atoms with Crippen LogP contribution in [0.2, 0.25) is 5.15 Å². The van der Waals surface area contributed by atoms with E-state index in [1.807, 2.05) is 61.7 Å². The van der Waals surface area contributed by atoms with Crippen molar-refractivity contribution in [2.75, 3.05) is 0 Å². The Hall–Kier alpha value is -3.22. The molecule has 2 aromatic carbocycles. The molecule has 0 saturated heterocycles. The summed E-state index contributed by atoms with van der Waals surface area (Å²) in [4.78, 5) is 19.9. The molecule has 0 aliphatic carbocycles. The maximum Gasteiger partial charge on any atom is 0.257 e. The molecule has 6 nitrogen and oxygen atoms in total. The number of pyridine rings is 1. The van der Waals surface area contributed by atoms with Crippen molar-refractivity contribution in [2.45, 2.75) is 19.4 Å². The average molecular weight is 406 g/mol. The first-order valence-corrected chi connectivity index (χ1v) is 9.59. The molecule has 0 aliphatic rings. The van der Waals surface area contributed by atoms with Gasteiger partial charge in [0.1, 0.15) is 5.15 Å². The van der Waals surface area contributed by atoms with Gasteiger partial charge in [0.15, 0.2) is 0 Å². The van der Waals surface area contributed by atoms with Crippen molar-refractivity contribution >= 4 is 45.5 Å². The summed E-state index contributed by atoms with van der Waals surface area (Å²) in [7, 11) is 0. The lowest BCUT2D eigenvalue weighted by Gasteiger charge is -2.09. The van der Waals surface area contributed by atoms with Crippen LogP contribution < -0.4 is 11.2 Å². The number of nitrogens with two attached hydrogens (primary N) is 1. The summed E-state index contributed by atoms with van der Waals surface area (Å²) >= 11 is 6.24. The number of aromatic nitrogens is 2. The Bertz CT molecular complexity index is 1230. The Kier molecular flexibility index (Phi) is 5.29. The second-order valence-corrected chi connectivity index (χ2v) is 7.33. The first kappa shape index (κ1) is 19.1. The van der Waals surface area contributed by atoms with Crippen LogP contribution in [0.4, 0.5) is 0 Å². The Labute approximate surface area is 172 Å². The smallest absolute Gasteiger partial charge is 0.257 e. The van der Waals surface area contributed by atoms with E-state index in [0.717, 1.165) is 32.9 Å². The van der Waals surface area contributed by atoms with Crippen molar-refractivity contribution in [1.29, 1.82) is 0 Å². The zero-order valence-electron chi connectivity index (χ0n) is 15.8. The number of hydrazone groups is 1. The number of amides is 1. The van der Waals surface area contributed by atoms with Crippen LogP contribution >= 0.6 is 11.6 Å². The number of aromatic amines is 1. The fraction of sp³-hybridized carbons (Fsp3) is 0.136. The van der Waals surface area contributed by atoms with E-state index in [9.17, 15) is 4.79 Å². The summed E-state index contributed by atoms with van der Waals surface area (Å²) in [5.74, 6) is -0.368. The Morgan fingerprint density at radius 1 is 1.31 bits per heavy atom. The number of nitrogens with one attached hydrogen (secondary N) is 2. The van der Waals surface area contributed by atoms with E-state index in [2.05, 4.69) is 20.5 Å². The van der Waals surface area contributed by atoms with Gasteiger partial charge < -0.3 is 10.7 Å². The third-order valence-corrected chi connectivity index (χ3v) is 5.09. The highest BCUT2D eigenvalue weighted by molar-refractivity contribution is 6.32. The lowest BCUT2D eigenvalue weighted by Crippen LogP contribution is -2.39. The number of benzene rings is 2. The predicted molar refractivity (Wildman–Crippen MR) is 117 cm³/mol. The first-order chi connectivity index (χ1) is 14.0. The van der Waals surface area contributed by atoms with Crippen LogP contribution in [0.3, 0.4) is 0 Å². The van der Waals surface area contributed by atoms with E-state index < -0.39 is 6.04 Å². The molecular formula is C22H20ClN5O. The minimum absolute atomic E-state index is 0.323. The fourth-order valence-electron chi connectivity index (χ4n) is 3.24. The molecule has 2 heterocycles. The van der Waals surface area contributed by atoms with E-state index in [-0.39, 0.29) is 5.91 Å². The summed E-state index contributed by atoms with van der Waals surface area (Å²) in [6.07, 6.45) is 3.76. The first-order valence-electron chi connectivity index (χ1n) is 9.21. The summed E-state index contributed by atoms with van der Waals surface area (Å²) in [6.45, 7) is 2.00. The van der Waals surface area contributed by atoms with Gasteiger partial charge >= 0.3 is 0 Å². The monoisotopic (exact) mass is 405 g/mol. The number of H-pyrrole nitrogens is 1. The van der Waals surface area contributed by atoms with Gasteiger partial charge in [-0.25, -0.2) is 10.4 Å². The maximum atomic E-state index is 12.3. The quantitative estimate of drug-likeness (QED) is 0.268. The SMILES string of the molecule is Cc1ccc2cc(C=NNC(=O)C(N)Cc3c[nH]c4ccccc34)c(Cl)nc2c1. The van der Waals surface area contributed by atoms with Crippen LogP contribution in [0.25, 0.3) is 21.8 Å². The molecule has 4 rings (SSSR count). The van der Waals surface area contributed by atoms with E-state index in [1.54, 1.807) is 0 Å². The predicted octanol–water partition coefficient (Wildman–Crippen LogP) is 3.70. The molecular weight excluding hydrogens is 386 g/mol. The number of halogens is 1. The molecule has 0 saturated carbocycles. The number of hydrogen-bond acceptors (Lipinski definition) is 4. The second-order valence-electron chi connectivity index (χ2n) is 6.97. The molecule has 0 fully saturated rings. The lowest BCUT2D eigenvalue weighted by molar-refractivity contribution is -0.122. The molecule has 2 aromatic heterocycles. The van der Waals surface area contributed by atoms with E-state index in [0.29, 0.717) is 17.1 Å². The van der Waals surface area contributed by atoms with Gasteiger partial charge in [-0.05, 0) is 42.7 Å². The molecule has 0 radical (unpaired) electrons. The number of hydrogen-bond donors (Lipinski definition) is 3. The maximum absolute atomic E-state index is 12.3. The number of fused-ring (bicyclic) bond motifs is 2. The van der Waals surface area contributed by atoms with Gasteiger partial charge in [0.2, 0.25) is 0 Å². The van der Waals surface area contributed by atoms with Crippen molar-refractivity contribution < 1.29 is 4.79 Å². The van der Waals surface area contributed by atoms with Crippen molar-refractivity contribution in [2.24, 2.45) is 10.8 Å². The van der Waals surface area contributed by atoms with Crippen LogP contribution in [0.5, 0.6) is 0 Å². The van der Waals surface area contributed by atoms with Crippen LogP contribution in [0.1, 0.15) is 16.7 Å². The number of nitrogens with zero attached hydrogens (tertiary/aromatic N) is 2. The highest BCUT2D eigenvalue weighted by atomic mass is 35.5. The molecule has 146 valence electrons. The van der Waals surface area contributed by atoms with Gasteiger partial charge in [0.25, 0.3) is 5.91 Å². The van der Waals surface area contributed by atoms with E-state index in [4.69, 9.17) is 17.3 Å². The number of rotatable bonds is 5. The number of aryl methyl sites for hydroxylation is 1. The fourth-order valence-corrected chi connectivity index (χ4v) is 3.43. The summed E-state index contributed by atoms with van der Waals surface area (Å²) in [5, 5.41) is 6.33. The Morgan fingerprint density at radius 2 is 2.14 bits per heavy atom. The summed E-state index contributed by atoms with van der Waals surface area (Å²) in [5.41, 5.74) is 13.1. The lowest BCUT2D eigenvalue weighted by atomic mass is 10.1. The highest BCUT2D eigenvalue weighted by Crippen LogP contribution is 2.21. The largest absolute Gasteiger partial charge is 0.361 e. The minimum atomic E-state index is -0.723. The third-order valence-electron chi connectivity index (χ3n) is 4.78. The minimum Gasteiger partial charge on any atom is -0.361 e. The molecule has 7 heteroatoms. The third kappa shape index (κ3) is 4.13. The Morgan fingerprint density at radius 3 is 3.00 bits per heavy atom. The summed E-state index contributed by atoms with van der Waals surface area (Å²) < 4.78 is 0. The normalized spacial score (nSPS) is 12.7. The molecule has 0 spiro atoms. The number of para-hydroxylation sites is 1. The number of carbonyl (C=O) groups excluding carboxylic acids is 1. The molecule has 4 aromatic rings. The molecule has 0 bridgehead atoms. The molecule has 1 atom stereocenters. The zero-order valence-corrected chi connectivity index (χ0v) is 16.6. The number of carbonyl (C=O) groups is 1. The van der Waals surface area contributed by atoms with Crippen LogP contribution in [-0.2, 0) is 11.2 Å². The van der Waals surface area contributed by atoms with Crippen LogP contribution in [-0.4, -0.2) is 28.1 Å². The van der Waals surface area contributed by atoms with Crippen molar-refractivity contribution in [1.82, 2.24) is 15.4 Å². The molecule has 29 heavy (non-hydrogen) atoms. The van der Waals surface area contributed by atoms with Gasteiger partial charge in [-0.3, -0.25) is 4.79 Å². The van der Waals surface area contributed by atoms with Crippen molar-refractivity contribution in [3.8, 4) is 0 Å². The molecule has 1 amide bonds. The summed E-state index contributed by atoms with van der Waals surface area (Å²) in [6, 6.07) is 15.0. The average Bonchev–Trinajstić information content (AvgIpc) is 3.11. The van der Waals surface area contributed by atoms with Gasteiger partial charge in [0, 0.05) is 28.0 Å². The molecule has 1 unspecified atom stereocenters.